The lowest BCUT2D eigenvalue weighted by Crippen LogP contribution is -2.43. The van der Waals surface area contributed by atoms with Gasteiger partial charge in [-0.05, 0) is 30.3 Å². The second-order valence-corrected chi connectivity index (χ2v) is 6.71. The van der Waals surface area contributed by atoms with Gasteiger partial charge in [0.25, 0.3) is 5.91 Å². The van der Waals surface area contributed by atoms with Crippen molar-refractivity contribution in [3.63, 3.8) is 0 Å². The van der Waals surface area contributed by atoms with Crippen molar-refractivity contribution in [1.29, 1.82) is 5.41 Å². The highest BCUT2D eigenvalue weighted by molar-refractivity contribution is 8.14. The third-order valence-corrected chi connectivity index (χ3v) is 4.38. The number of hydrogen-bond acceptors (Lipinski definition) is 6. The molecule has 11 heteroatoms. The van der Waals surface area contributed by atoms with Gasteiger partial charge >= 0.3 is 5.91 Å². The van der Waals surface area contributed by atoms with Gasteiger partial charge in [-0.25, -0.2) is 4.99 Å². The van der Waals surface area contributed by atoms with Gasteiger partial charge in [-0.2, -0.15) is 4.99 Å². The summed E-state index contributed by atoms with van der Waals surface area (Å²) in [6, 6.07) is 9.55. The van der Waals surface area contributed by atoms with E-state index in [2.05, 4.69) is 20.6 Å². The zero-order valence-electron chi connectivity index (χ0n) is 14.1. The highest BCUT2D eigenvalue weighted by Gasteiger charge is 2.26. The van der Waals surface area contributed by atoms with Crippen molar-refractivity contribution >= 4 is 63.5 Å². The van der Waals surface area contributed by atoms with Crippen LogP contribution >= 0.6 is 23.4 Å². The predicted octanol–water partition coefficient (Wildman–Crippen LogP) is 2.35. The van der Waals surface area contributed by atoms with Crippen LogP contribution in [0.15, 0.2) is 57.1 Å². The first-order valence-corrected chi connectivity index (χ1v) is 9.12. The van der Waals surface area contributed by atoms with E-state index in [4.69, 9.17) is 21.4 Å². The molecule has 3 amide bonds. The number of furan rings is 1. The van der Waals surface area contributed by atoms with Gasteiger partial charge in [-0.3, -0.25) is 25.1 Å². The van der Waals surface area contributed by atoms with Gasteiger partial charge in [0.2, 0.25) is 5.91 Å². The summed E-state index contributed by atoms with van der Waals surface area (Å²) in [5, 5.41) is 13.4. The largest absolute Gasteiger partial charge is 0.459 e. The van der Waals surface area contributed by atoms with Gasteiger partial charge in [0.05, 0.1) is 12.0 Å². The van der Waals surface area contributed by atoms with E-state index >= 15 is 0 Å². The van der Waals surface area contributed by atoms with Gasteiger partial charge < -0.3 is 9.73 Å². The SMILES string of the molecule is N=C1N=C(SCC(=O)Nc2cccc(Cl)c2)NC(=O)C1=NC(=O)c1ccco1. The Kier molecular flexibility index (Phi) is 6.02. The van der Waals surface area contributed by atoms with E-state index in [-0.39, 0.29) is 22.6 Å². The molecule has 0 aliphatic carbocycles. The molecule has 1 aliphatic rings. The van der Waals surface area contributed by atoms with E-state index in [0.717, 1.165) is 11.8 Å². The maximum Gasteiger partial charge on any atom is 0.313 e. The Balaban J connectivity index is 1.60. The van der Waals surface area contributed by atoms with Crippen LogP contribution in [-0.2, 0) is 9.59 Å². The fourth-order valence-corrected chi connectivity index (χ4v) is 2.92. The number of carbonyl (C=O) groups excluding carboxylic acids is 3. The lowest BCUT2D eigenvalue weighted by molar-refractivity contribution is -0.114. The van der Waals surface area contributed by atoms with Crippen LogP contribution in [0.5, 0.6) is 0 Å². The van der Waals surface area contributed by atoms with Crippen LogP contribution < -0.4 is 10.6 Å². The van der Waals surface area contributed by atoms with Crippen molar-refractivity contribution in [3.05, 3.63) is 53.4 Å². The van der Waals surface area contributed by atoms with Gasteiger partial charge in [0, 0.05) is 10.7 Å². The first-order valence-electron chi connectivity index (χ1n) is 7.76. The Morgan fingerprint density at radius 1 is 1.32 bits per heavy atom. The number of rotatable bonds is 4. The minimum atomic E-state index is -0.799. The molecule has 0 atom stereocenters. The van der Waals surface area contributed by atoms with Crippen LogP contribution in [0.4, 0.5) is 5.69 Å². The van der Waals surface area contributed by atoms with Gasteiger partial charge in [-0.1, -0.05) is 29.4 Å². The Morgan fingerprint density at radius 3 is 2.82 bits per heavy atom. The number of nitrogens with zero attached hydrogens (tertiary/aromatic N) is 2. The van der Waals surface area contributed by atoms with E-state index in [0.29, 0.717) is 10.7 Å². The molecule has 0 spiro atoms. The van der Waals surface area contributed by atoms with E-state index in [1.165, 1.54) is 18.4 Å². The molecule has 3 rings (SSSR count). The molecule has 0 saturated carbocycles. The molecule has 1 aromatic heterocycles. The van der Waals surface area contributed by atoms with Crippen molar-refractivity contribution in [3.8, 4) is 0 Å². The number of hydrogen-bond donors (Lipinski definition) is 3. The van der Waals surface area contributed by atoms with Crippen LogP contribution in [0.2, 0.25) is 5.02 Å². The maximum absolute atomic E-state index is 12.1. The first kappa shape index (κ1) is 19.5. The summed E-state index contributed by atoms with van der Waals surface area (Å²) in [6.07, 6.45) is 1.29. The topological polar surface area (TPSA) is 137 Å². The van der Waals surface area contributed by atoms with Crippen molar-refractivity contribution < 1.29 is 18.8 Å². The number of amides is 3. The molecule has 9 nitrogen and oxygen atoms in total. The molecule has 0 radical (unpaired) electrons. The fraction of sp³-hybridized carbons (Fsp3) is 0.0588. The third-order valence-electron chi connectivity index (χ3n) is 3.27. The molecule has 2 heterocycles. The Bertz CT molecular complexity index is 1020. The monoisotopic (exact) mass is 417 g/mol. The van der Waals surface area contributed by atoms with Gasteiger partial charge in [0.1, 0.15) is 0 Å². The number of aliphatic imine (C=N–C) groups is 2. The second-order valence-electron chi connectivity index (χ2n) is 5.31. The van der Waals surface area contributed by atoms with Crippen LogP contribution in [0.25, 0.3) is 0 Å². The lowest BCUT2D eigenvalue weighted by atomic mass is 10.3. The average molecular weight is 418 g/mol. The van der Waals surface area contributed by atoms with Gasteiger partial charge in [0.15, 0.2) is 22.5 Å². The number of amidine groups is 2. The van der Waals surface area contributed by atoms with E-state index < -0.39 is 23.4 Å². The van der Waals surface area contributed by atoms with E-state index in [9.17, 15) is 14.4 Å². The number of carbonyl (C=O) groups is 3. The fourth-order valence-electron chi connectivity index (χ4n) is 2.07. The number of nitrogens with one attached hydrogen (secondary N) is 3. The Hall–Kier alpha value is -3.24. The van der Waals surface area contributed by atoms with Crippen LogP contribution in [-0.4, -0.2) is 40.2 Å². The minimum absolute atomic E-state index is 0.0561. The number of thioether (sulfide) groups is 1. The molecular weight excluding hydrogens is 406 g/mol. The zero-order valence-corrected chi connectivity index (χ0v) is 15.6. The number of halogens is 1. The molecule has 142 valence electrons. The highest BCUT2D eigenvalue weighted by Crippen LogP contribution is 2.16. The quantitative estimate of drug-likeness (QED) is 0.701. The summed E-state index contributed by atoms with van der Waals surface area (Å²) in [5.41, 5.74) is 0.0976. The van der Waals surface area contributed by atoms with Crippen LogP contribution in [0, 0.1) is 5.41 Å². The molecule has 1 aromatic carbocycles. The molecule has 0 fully saturated rings. The minimum Gasteiger partial charge on any atom is -0.459 e. The van der Waals surface area contributed by atoms with E-state index in [1.807, 2.05) is 0 Å². The first-order chi connectivity index (χ1) is 13.4. The van der Waals surface area contributed by atoms with E-state index in [1.54, 1.807) is 24.3 Å². The summed E-state index contributed by atoms with van der Waals surface area (Å²) in [5.74, 6) is -2.51. The molecule has 1 aliphatic heterocycles. The summed E-state index contributed by atoms with van der Waals surface area (Å²) < 4.78 is 4.90. The molecular formula is C17H12ClN5O4S. The summed E-state index contributed by atoms with van der Waals surface area (Å²) in [6.45, 7) is 0. The van der Waals surface area contributed by atoms with Crippen molar-refractivity contribution in [2.24, 2.45) is 9.98 Å². The van der Waals surface area contributed by atoms with Crippen molar-refractivity contribution in [1.82, 2.24) is 5.32 Å². The molecule has 2 aromatic rings. The Labute approximate surface area is 167 Å². The summed E-state index contributed by atoms with van der Waals surface area (Å²) in [4.78, 5) is 43.4. The smallest absolute Gasteiger partial charge is 0.313 e. The second kappa shape index (κ2) is 8.63. The maximum atomic E-state index is 12.1. The highest BCUT2D eigenvalue weighted by atomic mass is 35.5. The van der Waals surface area contributed by atoms with Gasteiger partial charge in [-0.15, -0.1) is 0 Å². The summed E-state index contributed by atoms with van der Waals surface area (Å²) in [7, 11) is 0. The lowest BCUT2D eigenvalue weighted by Gasteiger charge is -2.14. The number of benzene rings is 1. The van der Waals surface area contributed by atoms with Crippen molar-refractivity contribution in [2.75, 3.05) is 11.1 Å². The predicted molar refractivity (Wildman–Crippen MR) is 106 cm³/mol. The molecule has 28 heavy (non-hydrogen) atoms. The van der Waals surface area contributed by atoms with Crippen molar-refractivity contribution in [2.45, 2.75) is 0 Å². The number of anilines is 1. The molecule has 3 N–H and O–H groups in total. The van der Waals surface area contributed by atoms with Crippen LogP contribution in [0.3, 0.4) is 0 Å². The summed E-state index contributed by atoms with van der Waals surface area (Å²) >= 11 is 6.78. The molecule has 0 bridgehead atoms. The normalized spacial score (nSPS) is 15.2. The third kappa shape index (κ3) is 4.93. The Morgan fingerprint density at radius 2 is 2.14 bits per heavy atom. The molecule has 0 unspecified atom stereocenters. The van der Waals surface area contributed by atoms with Crippen LogP contribution in [0.1, 0.15) is 10.6 Å². The standard InChI is InChI=1S/C17H12ClN5O4S/c18-9-3-1-4-10(7-9)20-12(24)8-28-17-22-14(19)13(16(26)23-17)21-15(25)11-5-2-6-27-11/h1-7H,8H2,(H,20,24)(H2,19,22,23,26). The molecule has 0 saturated heterocycles. The average Bonchev–Trinajstić information content (AvgIpc) is 3.18. The zero-order chi connectivity index (χ0) is 20.1.